The van der Waals surface area contributed by atoms with Crippen LogP contribution in [0, 0.1) is 6.92 Å². The predicted octanol–water partition coefficient (Wildman–Crippen LogP) is 4.04. The molecule has 0 aromatic heterocycles. The van der Waals surface area contributed by atoms with Crippen LogP contribution in [-0.2, 0) is 4.84 Å². The molecule has 1 unspecified atom stereocenters. The molecule has 1 fully saturated rings. The van der Waals surface area contributed by atoms with E-state index in [1.807, 2.05) is 25.1 Å². The summed E-state index contributed by atoms with van der Waals surface area (Å²) >= 11 is 0. The van der Waals surface area contributed by atoms with Crippen LogP contribution in [0.15, 0.2) is 52.8 Å². The first-order chi connectivity index (χ1) is 14.7. The van der Waals surface area contributed by atoms with Crippen molar-refractivity contribution >= 4 is 23.3 Å². The number of aliphatic imine (C=N–C) groups is 1. The van der Waals surface area contributed by atoms with Crippen molar-refractivity contribution in [3.05, 3.63) is 53.4 Å². The van der Waals surface area contributed by atoms with E-state index in [9.17, 15) is 13.2 Å². The molecule has 0 saturated carbocycles. The number of alkyl halides is 3. The topological polar surface area (TPSA) is 79.4 Å². The minimum Gasteiger partial charge on any atom is -0.471 e. The molecule has 3 heterocycles. The number of rotatable bonds is 4. The van der Waals surface area contributed by atoms with Gasteiger partial charge in [0.2, 0.25) is 0 Å². The van der Waals surface area contributed by atoms with Crippen LogP contribution in [-0.4, -0.2) is 25.3 Å². The first kappa shape index (κ1) is 19.4. The maximum Gasteiger partial charge on any atom is 0.573 e. The van der Waals surface area contributed by atoms with E-state index in [0.29, 0.717) is 23.8 Å². The number of ether oxygens (including phenoxy) is 2. The van der Waals surface area contributed by atoms with E-state index in [4.69, 9.17) is 9.57 Å². The zero-order valence-electron chi connectivity index (χ0n) is 16.5. The van der Waals surface area contributed by atoms with Gasteiger partial charge in [0.05, 0.1) is 11.4 Å². The van der Waals surface area contributed by atoms with Crippen LogP contribution >= 0.6 is 0 Å². The van der Waals surface area contributed by atoms with Crippen molar-refractivity contribution in [1.29, 1.82) is 0 Å². The third kappa shape index (κ3) is 3.46. The number of benzene rings is 2. The molecular formula is C20H18F3N5O3. The molecule has 1 atom stereocenters. The number of hydroxylamine groups is 1. The number of hydrogen-bond donors (Lipinski definition) is 3. The second-order valence-electron chi connectivity index (χ2n) is 7.29. The lowest BCUT2D eigenvalue weighted by molar-refractivity contribution is -0.274. The summed E-state index contributed by atoms with van der Waals surface area (Å²) in [4.78, 5) is 12.1. The number of allylic oxidation sites excluding steroid dienone is 1. The Morgan fingerprint density at radius 2 is 2.03 bits per heavy atom. The molecule has 0 spiro atoms. The highest BCUT2D eigenvalue weighted by molar-refractivity contribution is 5.85. The monoisotopic (exact) mass is 433 g/mol. The van der Waals surface area contributed by atoms with Crippen LogP contribution in [0.3, 0.4) is 0 Å². The minimum absolute atomic E-state index is 0.338. The summed E-state index contributed by atoms with van der Waals surface area (Å²) in [6.07, 6.45) is -3.16. The summed E-state index contributed by atoms with van der Waals surface area (Å²) in [5.74, 6) is -0.410. The van der Waals surface area contributed by atoms with Crippen LogP contribution in [0.2, 0.25) is 0 Å². The largest absolute Gasteiger partial charge is 0.573 e. The third-order valence-electron chi connectivity index (χ3n) is 4.93. The summed E-state index contributed by atoms with van der Waals surface area (Å²) in [5, 5.41) is 6.23. The Bertz CT molecular complexity index is 1120. The molecule has 2 aromatic carbocycles. The van der Waals surface area contributed by atoms with Crippen molar-refractivity contribution in [2.24, 2.45) is 4.99 Å². The summed E-state index contributed by atoms with van der Waals surface area (Å²) in [5.41, 5.74) is 6.16. The van der Waals surface area contributed by atoms with Gasteiger partial charge in [0.1, 0.15) is 17.3 Å². The Morgan fingerprint density at radius 1 is 1.19 bits per heavy atom. The standard InChI is InChI=1S/C20H18F3N5O3/c1-11-5-13(7-15(6-11)30-19(21,22)23)26-20-25-9-12(2)18(27-31-20)28(20)14-3-4-17-16(8-14)24-10-29-17/h3-9,24,26-27H,10H2,1-2H3. The molecule has 0 amide bonds. The number of hydrogen-bond acceptors (Lipinski definition) is 8. The van der Waals surface area contributed by atoms with E-state index in [1.165, 1.54) is 12.1 Å². The van der Waals surface area contributed by atoms with Crippen LogP contribution < -0.4 is 30.5 Å². The van der Waals surface area contributed by atoms with Gasteiger partial charge < -0.3 is 20.1 Å². The Balaban J connectivity index is 1.53. The Hall–Kier alpha value is -3.60. The Morgan fingerprint density at radius 3 is 2.84 bits per heavy atom. The highest BCUT2D eigenvalue weighted by Crippen LogP contribution is 2.42. The molecule has 11 heteroatoms. The van der Waals surface area contributed by atoms with Crippen LogP contribution in [0.4, 0.5) is 30.2 Å². The molecule has 5 rings (SSSR count). The van der Waals surface area contributed by atoms with Gasteiger partial charge in [-0.25, -0.2) is 15.3 Å². The van der Waals surface area contributed by atoms with E-state index >= 15 is 0 Å². The van der Waals surface area contributed by atoms with E-state index in [2.05, 4.69) is 25.8 Å². The lowest BCUT2D eigenvalue weighted by Gasteiger charge is -2.36. The first-order valence-corrected chi connectivity index (χ1v) is 9.39. The van der Waals surface area contributed by atoms with Gasteiger partial charge in [-0.1, -0.05) is 0 Å². The van der Waals surface area contributed by atoms with Crippen molar-refractivity contribution < 1.29 is 27.5 Å². The van der Waals surface area contributed by atoms with Gasteiger partial charge in [0.15, 0.2) is 6.73 Å². The minimum atomic E-state index is -4.80. The van der Waals surface area contributed by atoms with E-state index in [-0.39, 0.29) is 5.75 Å². The van der Waals surface area contributed by atoms with Crippen LogP contribution in [0.1, 0.15) is 12.5 Å². The molecular weight excluding hydrogens is 415 g/mol. The number of fused-ring (bicyclic) bond motifs is 3. The molecule has 8 nitrogen and oxygen atoms in total. The van der Waals surface area contributed by atoms with E-state index < -0.39 is 12.3 Å². The van der Waals surface area contributed by atoms with Gasteiger partial charge >= 0.3 is 12.3 Å². The van der Waals surface area contributed by atoms with Crippen LogP contribution in [0.5, 0.6) is 11.5 Å². The predicted molar refractivity (Wildman–Crippen MR) is 108 cm³/mol. The Labute approximate surface area is 175 Å². The second-order valence-corrected chi connectivity index (χ2v) is 7.29. The average molecular weight is 433 g/mol. The molecule has 3 aliphatic heterocycles. The summed E-state index contributed by atoms with van der Waals surface area (Å²) in [6, 6.07) is 9.78. The first-order valence-electron chi connectivity index (χ1n) is 9.39. The fourth-order valence-corrected chi connectivity index (χ4v) is 3.68. The highest BCUT2D eigenvalue weighted by Gasteiger charge is 2.49. The van der Waals surface area contributed by atoms with Gasteiger partial charge in [-0.05, 0) is 49.7 Å². The third-order valence-corrected chi connectivity index (χ3v) is 4.93. The average Bonchev–Trinajstić information content (AvgIpc) is 3.24. The lowest BCUT2D eigenvalue weighted by Crippen LogP contribution is -2.51. The SMILES string of the molecule is CC1=C2NOC(Nc3cc(C)cc(OC(F)(F)F)c3)(N=C1)N2c1ccc2c(c1)NCO2. The molecule has 2 aromatic rings. The van der Waals surface area contributed by atoms with Gasteiger partial charge in [-0.15, -0.1) is 13.2 Å². The maximum atomic E-state index is 12.7. The van der Waals surface area contributed by atoms with Gasteiger partial charge in [-0.2, -0.15) is 0 Å². The van der Waals surface area contributed by atoms with Crippen molar-refractivity contribution in [1.82, 2.24) is 5.48 Å². The Kier molecular flexibility index (Phi) is 4.19. The molecule has 0 aliphatic carbocycles. The summed E-state index contributed by atoms with van der Waals surface area (Å²) in [7, 11) is 0. The highest BCUT2D eigenvalue weighted by atomic mass is 19.4. The number of anilines is 3. The maximum absolute atomic E-state index is 12.7. The van der Waals surface area contributed by atoms with Crippen LogP contribution in [0.25, 0.3) is 0 Å². The van der Waals surface area contributed by atoms with E-state index in [1.54, 1.807) is 24.1 Å². The number of nitrogens with zero attached hydrogens (tertiary/aromatic N) is 2. The smallest absolute Gasteiger partial charge is 0.471 e. The number of nitrogens with one attached hydrogen (secondary N) is 3. The lowest BCUT2D eigenvalue weighted by atomic mass is 10.2. The summed E-state index contributed by atoms with van der Waals surface area (Å²) < 4.78 is 47.7. The van der Waals surface area contributed by atoms with Crippen molar-refractivity contribution in [2.75, 3.05) is 22.3 Å². The molecule has 2 bridgehead atoms. The fraction of sp³-hybridized carbons (Fsp3) is 0.250. The normalized spacial score (nSPS) is 21.4. The van der Waals surface area contributed by atoms with Crippen molar-refractivity contribution in [3.8, 4) is 11.5 Å². The van der Waals surface area contributed by atoms with Gasteiger partial charge in [0.25, 0.3) is 0 Å². The number of halogens is 3. The van der Waals surface area contributed by atoms with Crippen molar-refractivity contribution in [2.45, 2.75) is 26.2 Å². The van der Waals surface area contributed by atoms with Crippen molar-refractivity contribution in [3.63, 3.8) is 0 Å². The number of aryl methyl sites for hydroxylation is 1. The fourth-order valence-electron chi connectivity index (χ4n) is 3.68. The van der Waals surface area contributed by atoms with Gasteiger partial charge in [-0.3, -0.25) is 4.90 Å². The van der Waals surface area contributed by atoms with E-state index in [0.717, 1.165) is 22.7 Å². The zero-order chi connectivity index (χ0) is 21.8. The molecule has 0 radical (unpaired) electrons. The molecule has 162 valence electrons. The molecule has 3 N–H and O–H groups in total. The molecule has 3 aliphatic rings. The summed E-state index contributed by atoms with van der Waals surface area (Å²) in [6.45, 7) is 3.92. The molecule has 1 saturated heterocycles. The quantitative estimate of drug-likeness (QED) is 0.672. The van der Waals surface area contributed by atoms with Gasteiger partial charge in [0, 0.05) is 23.5 Å². The zero-order valence-corrected chi connectivity index (χ0v) is 16.5. The molecule has 31 heavy (non-hydrogen) atoms. The second kappa shape index (κ2) is 6.71.